The van der Waals surface area contributed by atoms with Crippen LogP contribution in [-0.2, 0) is 9.47 Å². The van der Waals surface area contributed by atoms with Crippen LogP contribution in [0.5, 0.6) is 0 Å². The molecule has 2 saturated heterocycles. The monoisotopic (exact) mass is 257 g/mol. The maximum Gasteiger partial charge on any atom is 0.410 e. The molecule has 18 heavy (non-hydrogen) atoms. The van der Waals surface area contributed by atoms with Gasteiger partial charge in [0.15, 0.2) is 0 Å². The van der Waals surface area contributed by atoms with E-state index in [0.717, 1.165) is 0 Å². The lowest BCUT2D eigenvalue weighted by Gasteiger charge is -2.36. The van der Waals surface area contributed by atoms with Gasteiger partial charge in [0.2, 0.25) is 0 Å². The number of aliphatic hydroxyl groups is 1. The summed E-state index contributed by atoms with van der Waals surface area (Å²) in [6.45, 7) is 9.46. The Balaban J connectivity index is 2.05. The molecule has 0 radical (unpaired) electrons. The molecule has 0 saturated carbocycles. The van der Waals surface area contributed by atoms with Crippen molar-refractivity contribution in [1.82, 2.24) is 4.90 Å². The second-order valence-corrected chi connectivity index (χ2v) is 6.45. The Labute approximate surface area is 108 Å². The molecule has 2 unspecified atom stereocenters. The number of amides is 1. The highest BCUT2D eigenvalue weighted by Crippen LogP contribution is 2.46. The van der Waals surface area contributed by atoms with Crippen LogP contribution in [-0.4, -0.2) is 53.6 Å². The Hall–Kier alpha value is -0.810. The third-order valence-corrected chi connectivity index (χ3v) is 3.79. The number of carbonyl (C=O) groups excluding carboxylic acids is 1. The van der Waals surface area contributed by atoms with Gasteiger partial charge in [-0.2, -0.15) is 0 Å². The lowest BCUT2D eigenvalue weighted by Crippen LogP contribution is -2.47. The van der Waals surface area contributed by atoms with Crippen LogP contribution in [0.15, 0.2) is 0 Å². The van der Waals surface area contributed by atoms with Crippen LogP contribution in [0, 0.1) is 11.8 Å². The molecule has 2 aliphatic rings. The summed E-state index contributed by atoms with van der Waals surface area (Å²) in [6.07, 6.45) is -0.307. The minimum Gasteiger partial charge on any atom is -0.444 e. The molecule has 2 rings (SSSR count). The molecule has 0 aliphatic carbocycles. The van der Waals surface area contributed by atoms with E-state index in [9.17, 15) is 9.90 Å². The molecular formula is C13H23NO4. The summed E-state index contributed by atoms with van der Waals surface area (Å²) in [5.74, 6) is 0.343. The van der Waals surface area contributed by atoms with E-state index in [1.54, 1.807) is 4.90 Å². The number of aliphatic hydroxyl groups excluding tert-OH is 1. The Morgan fingerprint density at radius 2 is 2.22 bits per heavy atom. The molecule has 2 aliphatic heterocycles. The van der Waals surface area contributed by atoms with E-state index >= 15 is 0 Å². The van der Waals surface area contributed by atoms with Crippen LogP contribution < -0.4 is 0 Å². The van der Waals surface area contributed by atoms with Crippen LogP contribution in [0.2, 0.25) is 0 Å². The molecule has 0 bridgehead atoms. The van der Waals surface area contributed by atoms with Crippen molar-refractivity contribution < 1.29 is 19.4 Å². The van der Waals surface area contributed by atoms with Gasteiger partial charge in [-0.05, 0) is 26.7 Å². The summed E-state index contributed by atoms with van der Waals surface area (Å²) >= 11 is 0. The van der Waals surface area contributed by atoms with Gasteiger partial charge in [0.05, 0.1) is 18.7 Å². The fraction of sp³-hybridized carbons (Fsp3) is 0.923. The average molecular weight is 257 g/mol. The largest absolute Gasteiger partial charge is 0.444 e. The van der Waals surface area contributed by atoms with Crippen molar-refractivity contribution in [2.24, 2.45) is 11.8 Å². The quantitative estimate of drug-likeness (QED) is 0.718. The first-order valence-corrected chi connectivity index (χ1v) is 6.49. The van der Waals surface area contributed by atoms with Gasteiger partial charge in [0.25, 0.3) is 0 Å². The van der Waals surface area contributed by atoms with E-state index < -0.39 is 5.60 Å². The second-order valence-electron chi connectivity index (χ2n) is 6.45. The molecule has 3 atom stereocenters. The zero-order valence-electron chi connectivity index (χ0n) is 11.6. The molecule has 1 amide bonds. The molecule has 5 nitrogen and oxygen atoms in total. The van der Waals surface area contributed by atoms with Gasteiger partial charge in [-0.1, -0.05) is 6.92 Å². The first-order chi connectivity index (χ1) is 8.30. The SMILES string of the molecule is CC1COC[C@]2(CN2C(=O)OC(C)(C)C)C1CO. The number of hydrogen-bond acceptors (Lipinski definition) is 4. The van der Waals surface area contributed by atoms with Crippen LogP contribution in [0.25, 0.3) is 0 Å². The normalized spacial score (nSPS) is 35.7. The van der Waals surface area contributed by atoms with Crippen molar-refractivity contribution in [1.29, 1.82) is 0 Å². The summed E-state index contributed by atoms with van der Waals surface area (Å²) in [6, 6.07) is 0. The fourth-order valence-electron chi connectivity index (χ4n) is 2.77. The Bertz CT molecular complexity index is 338. The second kappa shape index (κ2) is 4.38. The summed E-state index contributed by atoms with van der Waals surface area (Å²) in [4.78, 5) is 13.7. The first-order valence-electron chi connectivity index (χ1n) is 6.49. The maximum atomic E-state index is 12.0. The molecular weight excluding hydrogens is 234 g/mol. The van der Waals surface area contributed by atoms with Crippen molar-refractivity contribution >= 4 is 6.09 Å². The number of hydrogen-bond donors (Lipinski definition) is 1. The predicted molar refractivity (Wildman–Crippen MR) is 66.2 cm³/mol. The average Bonchev–Trinajstić information content (AvgIpc) is 2.91. The van der Waals surface area contributed by atoms with Crippen molar-refractivity contribution in [2.75, 3.05) is 26.4 Å². The summed E-state index contributed by atoms with van der Waals surface area (Å²) in [5, 5.41) is 9.53. The minimum atomic E-state index is -0.489. The van der Waals surface area contributed by atoms with Crippen molar-refractivity contribution in [3.8, 4) is 0 Å². The molecule has 5 heteroatoms. The zero-order valence-corrected chi connectivity index (χ0v) is 11.6. The number of carbonyl (C=O) groups is 1. The lowest BCUT2D eigenvalue weighted by molar-refractivity contribution is -0.0430. The highest BCUT2D eigenvalue weighted by atomic mass is 16.6. The fourth-order valence-corrected chi connectivity index (χ4v) is 2.77. The Morgan fingerprint density at radius 3 is 2.78 bits per heavy atom. The third kappa shape index (κ3) is 2.34. The van der Waals surface area contributed by atoms with Crippen LogP contribution >= 0.6 is 0 Å². The van der Waals surface area contributed by atoms with Crippen LogP contribution in [0.4, 0.5) is 4.79 Å². The van der Waals surface area contributed by atoms with E-state index in [0.29, 0.717) is 19.8 Å². The van der Waals surface area contributed by atoms with Crippen molar-refractivity contribution in [3.05, 3.63) is 0 Å². The Kier molecular flexibility index (Phi) is 3.32. The summed E-state index contributed by atoms with van der Waals surface area (Å²) in [7, 11) is 0. The van der Waals surface area contributed by atoms with Gasteiger partial charge in [0.1, 0.15) is 5.60 Å². The number of ether oxygens (including phenoxy) is 2. The van der Waals surface area contributed by atoms with Gasteiger partial charge in [-0.15, -0.1) is 0 Å². The Morgan fingerprint density at radius 1 is 1.56 bits per heavy atom. The highest BCUT2D eigenvalue weighted by Gasteiger charge is 2.63. The van der Waals surface area contributed by atoms with Crippen molar-refractivity contribution in [3.63, 3.8) is 0 Å². The van der Waals surface area contributed by atoms with E-state index in [1.165, 1.54) is 0 Å². The maximum absolute atomic E-state index is 12.0. The van der Waals surface area contributed by atoms with Gasteiger partial charge in [-0.25, -0.2) is 4.79 Å². The summed E-state index contributed by atoms with van der Waals surface area (Å²) < 4.78 is 10.9. The zero-order chi connectivity index (χ0) is 13.6. The first kappa shape index (κ1) is 13.6. The third-order valence-electron chi connectivity index (χ3n) is 3.79. The van der Waals surface area contributed by atoms with Crippen molar-refractivity contribution in [2.45, 2.75) is 38.8 Å². The number of nitrogens with zero attached hydrogens (tertiary/aromatic N) is 1. The molecule has 0 aromatic rings. The minimum absolute atomic E-state index is 0.0822. The number of rotatable bonds is 1. The van der Waals surface area contributed by atoms with Gasteiger partial charge < -0.3 is 14.6 Å². The van der Waals surface area contributed by atoms with E-state index in [4.69, 9.17) is 9.47 Å². The molecule has 2 heterocycles. The molecule has 0 aromatic heterocycles. The smallest absolute Gasteiger partial charge is 0.410 e. The van der Waals surface area contributed by atoms with E-state index in [2.05, 4.69) is 0 Å². The van der Waals surface area contributed by atoms with Crippen LogP contribution in [0.1, 0.15) is 27.7 Å². The summed E-state index contributed by atoms with van der Waals surface area (Å²) in [5.41, 5.74) is -0.828. The molecule has 104 valence electrons. The van der Waals surface area contributed by atoms with Crippen LogP contribution in [0.3, 0.4) is 0 Å². The van der Waals surface area contributed by atoms with Gasteiger partial charge in [-0.3, -0.25) is 4.90 Å². The van der Waals surface area contributed by atoms with E-state index in [-0.39, 0.29) is 30.1 Å². The predicted octanol–water partition coefficient (Wildman–Crippen LogP) is 1.25. The van der Waals surface area contributed by atoms with E-state index in [1.807, 2.05) is 27.7 Å². The molecule has 1 N–H and O–H groups in total. The lowest BCUT2D eigenvalue weighted by atomic mass is 9.81. The van der Waals surface area contributed by atoms with Gasteiger partial charge >= 0.3 is 6.09 Å². The standard InChI is InChI=1S/C13H23NO4/c1-9-6-17-8-13(10(9)5-15)7-14(13)11(16)18-12(2,3)4/h9-10,15H,5-8H2,1-4H3/t9?,10?,13-,14?/m1/s1. The molecule has 0 aromatic carbocycles. The topological polar surface area (TPSA) is 58.8 Å². The molecule has 2 fully saturated rings. The van der Waals surface area contributed by atoms with Gasteiger partial charge in [0, 0.05) is 19.1 Å². The highest BCUT2D eigenvalue weighted by molar-refractivity contribution is 5.73. The molecule has 1 spiro atoms.